The zero-order valence-electron chi connectivity index (χ0n) is 16.1. The van der Waals surface area contributed by atoms with E-state index in [-0.39, 0.29) is 17.7 Å². The molecule has 2 N–H and O–H groups in total. The Labute approximate surface area is 169 Å². The van der Waals surface area contributed by atoms with Crippen LogP contribution < -0.4 is 10.1 Å². The van der Waals surface area contributed by atoms with Gasteiger partial charge in [0.05, 0.1) is 11.8 Å². The van der Waals surface area contributed by atoms with Crippen molar-refractivity contribution >= 4 is 17.6 Å². The lowest BCUT2D eigenvalue weighted by molar-refractivity contribution is -0.152. The molecule has 148 valence electrons. The minimum Gasteiger partial charge on any atom is -0.481 e. The van der Waals surface area contributed by atoms with Crippen LogP contribution in [0.3, 0.4) is 0 Å². The molecule has 0 unspecified atom stereocenters. The van der Waals surface area contributed by atoms with E-state index in [1.165, 1.54) is 5.56 Å². The molecule has 4 aliphatic carbocycles. The van der Waals surface area contributed by atoms with Gasteiger partial charge in [-0.25, -0.2) is 0 Å². The second-order valence-electron chi connectivity index (χ2n) is 8.42. The van der Waals surface area contributed by atoms with E-state index in [0.29, 0.717) is 23.3 Å². The Bertz CT molecular complexity index is 979. The Hall–Kier alpha value is -3.08. The Kier molecular flexibility index (Phi) is 4.19. The number of amides is 1. The summed E-state index contributed by atoms with van der Waals surface area (Å²) in [7, 11) is 0. The molecule has 5 nitrogen and oxygen atoms in total. The van der Waals surface area contributed by atoms with Gasteiger partial charge in [-0.3, -0.25) is 9.59 Å². The Balaban J connectivity index is 1.29. The van der Waals surface area contributed by atoms with Crippen LogP contribution in [0.1, 0.15) is 12.0 Å². The molecule has 0 aromatic heterocycles. The third-order valence-corrected chi connectivity index (χ3v) is 6.62. The fourth-order valence-corrected chi connectivity index (χ4v) is 5.14. The minimum absolute atomic E-state index is 0.0106. The van der Waals surface area contributed by atoms with Crippen LogP contribution in [0.15, 0.2) is 60.7 Å². The topological polar surface area (TPSA) is 75.6 Å². The first-order valence-electron chi connectivity index (χ1n) is 10.1. The fraction of sp³-hybridized carbons (Fsp3) is 0.333. The van der Waals surface area contributed by atoms with Crippen molar-refractivity contribution in [2.75, 3.05) is 5.32 Å². The largest absolute Gasteiger partial charge is 0.481 e. The van der Waals surface area contributed by atoms with Gasteiger partial charge in [-0.15, -0.1) is 0 Å². The molecule has 29 heavy (non-hydrogen) atoms. The van der Waals surface area contributed by atoms with Crippen LogP contribution in [0.2, 0.25) is 0 Å². The number of anilines is 1. The average molecular weight is 389 g/mol. The summed E-state index contributed by atoms with van der Waals surface area (Å²) in [5.74, 6) is 0.184. The van der Waals surface area contributed by atoms with E-state index in [9.17, 15) is 14.7 Å². The molecule has 0 aliphatic heterocycles. The van der Waals surface area contributed by atoms with Crippen molar-refractivity contribution in [1.82, 2.24) is 0 Å². The summed E-state index contributed by atoms with van der Waals surface area (Å²) in [6.07, 6.45) is 5.14. The number of carboxylic acids is 1. The van der Waals surface area contributed by atoms with Crippen LogP contribution in [-0.4, -0.2) is 17.0 Å². The number of benzene rings is 2. The van der Waals surface area contributed by atoms with E-state index < -0.39 is 17.8 Å². The molecule has 2 bridgehead atoms. The number of carbonyl (C=O) groups excluding carboxylic acids is 1. The molecule has 2 aromatic carbocycles. The first-order chi connectivity index (χ1) is 14.0. The molecule has 0 spiro atoms. The number of allylic oxidation sites excluding steroid dienone is 2. The highest BCUT2D eigenvalue weighted by Crippen LogP contribution is 2.63. The standard InChI is InChI=1S/C24H23NO4/c1-13-2-6-15(7-3-13)29-16-8-4-14(5-9-16)25-23(26)21-17-10-11-18(20-12-19(17)20)22(21)24(27)28/h2-11,17-22H,12H2,1H3,(H,25,26)(H,27,28)/t17-,18-,19+,20-,21+,22-/m0/s1. The van der Waals surface area contributed by atoms with E-state index >= 15 is 0 Å². The summed E-state index contributed by atoms with van der Waals surface area (Å²) < 4.78 is 5.82. The maximum absolute atomic E-state index is 13.0. The molecule has 5 heteroatoms. The van der Waals surface area contributed by atoms with Gasteiger partial charge in [0.2, 0.25) is 5.91 Å². The molecule has 6 rings (SSSR count). The van der Waals surface area contributed by atoms with Crippen LogP contribution in [0.5, 0.6) is 11.5 Å². The maximum atomic E-state index is 13.0. The van der Waals surface area contributed by atoms with Crippen molar-refractivity contribution < 1.29 is 19.4 Å². The molecular weight excluding hydrogens is 366 g/mol. The number of hydrogen-bond acceptors (Lipinski definition) is 3. The van der Waals surface area contributed by atoms with Gasteiger partial charge in [-0.05, 0) is 73.4 Å². The molecule has 2 aromatic rings. The fourth-order valence-electron chi connectivity index (χ4n) is 5.14. The second kappa shape index (κ2) is 6.76. The zero-order valence-corrected chi connectivity index (χ0v) is 16.1. The van der Waals surface area contributed by atoms with Crippen molar-refractivity contribution in [1.29, 1.82) is 0 Å². The molecule has 0 saturated heterocycles. The zero-order chi connectivity index (χ0) is 20.1. The molecule has 0 radical (unpaired) electrons. The molecule has 6 atom stereocenters. The van der Waals surface area contributed by atoms with Crippen LogP contribution in [-0.2, 0) is 9.59 Å². The van der Waals surface area contributed by atoms with Crippen LogP contribution in [0.25, 0.3) is 0 Å². The number of carboxylic acid groups (broad SMARTS) is 1. The van der Waals surface area contributed by atoms with E-state index in [1.807, 2.05) is 37.3 Å². The molecule has 0 heterocycles. The number of aryl methyl sites for hydroxylation is 1. The highest BCUT2D eigenvalue weighted by atomic mass is 16.5. The van der Waals surface area contributed by atoms with Crippen molar-refractivity contribution in [3.05, 3.63) is 66.2 Å². The van der Waals surface area contributed by atoms with Gasteiger partial charge < -0.3 is 15.2 Å². The minimum atomic E-state index is -0.864. The SMILES string of the molecule is Cc1ccc(Oc2ccc(NC(=O)[C@@H]3[C@H]4C=C[C@@H]([C@@H]5C[C@H]45)[C@@H]3C(=O)O)cc2)cc1. The number of hydrogen-bond donors (Lipinski definition) is 2. The van der Waals surface area contributed by atoms with Gasteiger partial charge in [0.15, 0.2) is 0 Å². The number of ether oxygens (including phenoxy) is 1. The monoisotopic (exact) mass is 389 g/mol. The number of rotatable bonds is 5. The van der Waals surface area contributed by atoms with Gasteiger partial charge in [0.25, 0.3) is 0 Å². The molecular formula is C24H23NO4. The predicted octanol–water partition coefficient (Wildman–Crippen LogP) is 4.49. The van der Waals surface area contributed by atoms with Gasteiger partial charge in [-0.1, -0.05) is 29.8 Å². The first-order valence-corrected chi connectivity index (χ1v) is 10.1. The molecule has 4 aliphatic rings. The summed E-state index contributed by atoms with van der Waals surface area (Å²) in [5, 5.41) is 12.7. The van der Waals surface area contributed by atoms with Gasteiger partial charge in [-0.2, -0.15) is 0 Å². The summed E-state index contributed by atoms with van der Waals surface area (Å²) >= 11 is 0. The predicted molar refractivity (Wildman–Crippen MR) is 109 cm³/mol. The Morgan fingerprint density at radius 2 is 1.45 bits per heavy atom. The maximum Gasteiger partial charge on any atom is 0.307 e. The third kappa shape index (κ3) is 3.20. The van der Waals surface area contributed by atoms with Crippen LogP contribution >= 0.6 is 0 Å². The second-order valence-corrected chi connectivity index (χ2v) is 8.42. The highest BCUT2D eigenvalue weighted by molar-refractivity contribution is 5.96. The molecule has 2 fully saturated rings. The summed E-state index contributed by atoms with van der Waals surface area (Å²) in [5.41, 5.74) is 1.81. The molecule has 1 amide bonds. The summed E-state index contributed by atoms with van der Waals surface area (Å²) in [4.78, 5) is 24.9. The van der Waals surface area contributed by atoms with Gasteiger partial charge >= 0.3 is 5.97 Å². The smallest absolute Gasteiger partial charge is 0.307 e. The van der Waals surface area contributed by atoms with Crippen LogP contribution in [0.4, 0.5) is 5.69 Å². The first kappa shape index (κ1) is 18.0. The number of nitrogens with one attached hydrogen (secondary N) is 1. The third-order valence-electron chi connectivity index (χ3n) is 6.62. The normalized spacial score (nSPS) is 31.1. The lowest BCUT2D eigenvalue weighted by Crippen LogP contribution is -2.48. The number of fused-ring (bicyclic) bond motifs is 1. The van der Waals surface area contributed by atoms with Crippen molar-refractivity contribution in [2.45, 2.75) is 13.3 Å². The van der Waals surface area contributed by atoms with E-state index in [4.69, 9.17) is 4.74 Å². The summed E-state index contributed by atoms with van der Waals surface area (Å²) in [6, 6.07) is 15.0. The highest BCUT2D eigenvalue weighted by Gasteiger charge is 2.62. The lowest BCUT2D eigenvalue weighted by Gasteiger charge is -2.41. The van der Waals surface area contributed by atoms with Crippen LogP contribution in [0, 0.1) is 42.4 Å². The van der Waals surface area contributed by atoms with Gasteiger partial charge in [0, 0.05) is 5.69 Å². The van der Waals surface area contributed by atoms with E-state index in [1.54, 1.807) is 24.3 Å². The van der Waals surface area contributed by atoms with E-state index in [2.05, 4.69) is 11.4 Å². The molecule has 2 saturated carbocycles. The Morgan fingerprint density at radius 3 is 2.03 bits per heavy atom. The Morgan fingerprint density at radius 1 is 0.897 bits per heavy atom. The average Bonchev–Trinajstić information content (AvgIpc) is 3.53. The van der Waals surface area contributed by atoms with Crippen molar-refractivity contribution in [2.24, 2.45) is 35.5 Å². The lowest BCUT2D eigenvalue weighted by atomic mass is 9.62. The number of carbonyl (C=O) groups is 2. The van der Waals surface area contributed by atoms with Crippen molar-refractivity contribution in [3.8, 4) is 11.5 Å². The van der Waals surface area contributed by atoms with E-state index in [0.717, 1.165) is 12.2 Å². The van der Waals surface area contributed by atoms with Gasteiger partial charge in [0.1, 0.15) is 11.5 Å². The quantitative estimate of drug-likeness (QED) is 0.739. The van der Waals surface area contributed by atoms with Crippen molar-refractivity contribution in [3.63, 3.8) is 0 Å². The summed E-state index contributed by atoms with van der Waals surface area (Å²) in [6.45, 7) is 2.02. The number of aliphatic carboxylic acids is 1.